The Morgan fingerprint density at radius 3 is 2.29 bits per heavy atom. The normalized spacial score (nSPS) is 11.7. The molecule has 0 saturated heterocycles. The summed E-state index contributed by atoms with van der Waals surface area (Å²) in [6.45, 7) is 5.30. The first-order chi connectivity index (χ1) is 9.76. The van der Waals surface area contributed by atoms with Crippen molar-refractivity contribution in [1.29, 1.82) is 0 Å². The molecule has 0 fully saturated rings. The van der Waals surface area contributed by atoms with Gasteiger partial charge < -0.3 is 9.15 Å². The van der Waals surface area contributed by atoms with Gasteiger partial charge in [0.2, 0.25) is 5.89 Å². The molecule has 2 rings (SSSR count). The minimum Gasteiger partial charge on any atom is -0.456 e. The highest BCUT2D eigenvalue weighted by Crippen LogP contribution is 2.23. The Bertz CT molecular complexity index is 630. The molecule has 1 aromatic carbocycles. The fraction of sp³-hybridized carbons (Fsp3) is 0.357. The molecule has 0 aliphatic heterocycles. The molecular formula is C14H14F2N2O3. The average Bonchev–Trinajstić information content (AvgIpc) is 2.86. The summed E-state index contributed by atoms with van der Waals surface area (Å²) in [6, 6.07) is 6.08. The number of esters is 1. The Morgan fingerprint density at radius 1 is 1.19 bits per heavy atom. The van der Waals surface area contributed by atoms with Crippen LogP contribution in [0.25, 0.3) is 11.5 Å². The van der Waals surface area contributed by atoms with Crippen molar-refractivity contribution >= 4 is 5.97 Å². The largest absolute Gasteiger partial charge is 0.456 e. The van der Waals surface area contributed by atoms with Gasteiger partial charge in [0.05, 0.1) is 5.56 Å². The molecule has 2 aromatic rings. The molecule has 0 unspecified atom stereocenters. The van der Waals surface area contributed by atoms with Crippen molar-refractivity contribution < 1.29 is 22.7 Å². The van der Waals surface area contributed by atoms with E-state index in [9.17, 15) is 13.6 Å². The number of aromatic nitrogens is 2. The van der Waals surface area contributed by atoms with E-state index in [0.29, 0.717) is 11.1 Å². The lowest BCUT2D eigenvalue weighted by atomic mass is 10.1. The maximum atomic E-state index is 12.4. The maximum absolute atomic E-state index is 12.4. The molecule has 1 aromatic heterocycles. The predicted molar refractivity (Wildman–Crippen MR) is 69.9 cm³/mol. The van der Waals surface area contributed by atoms with E-state index in [4.69, 9.17) is 9.15 Å². The number of ether oxygens (including phenoxy) is 1. The molecule has 0 saturated carbocycles. The maximum Gasteiger partial charge on any atom is 0.338 e. The lowest BCUT2D eigenvalue weighted by Gasteiger charge is -2.19. The van der Waals surface area contributed by atoms with Crippen molar-refractivity contribution in [1.82, 2.24) is 10.2 Å². The fourth-order valence-corrected chi connectivity index (χ4v) is 1.53. The van der Waals surface area contributed by atoms with Crippen molar-refractivity contribution in [2.45, 2.75) is 32.8 Å². The van der Waals surface area contributed by atoms with Crippen LogP contribution in [0.4, 0.5) is 8.78 Å². The zero-order valence-electron chi connectivity index (χ0n) is 11.8. The second-order valence-corrected chi connectivity index (χ2v) is 5.33. The molecule has 112 valence electrons. The SMILES string of the molecule is CC(C)(C)OC(=O)c1ccc(-c2nnc(C(F)F)o2)cc1. The average molecular weight is 296 g/mol. The molecule has 21 heavy (non-hydrogen) atoms. The Kier molecular flexibility index (Phi) is 4.02. The number of halogens is 2. The summed E-state index contributed by atoms with van der Waals surface area (Å²) in [6.07, 6.45) is -2.81. The standard InChI is InChI=1S/C14H14F2N2O3/c1-14(2,3)21-13(19)9-6-4-8(5-7-9)11-17-18-12(20-11)10(15)16/h4-7,10H,1-3H3. The zero-order valence-corrected chi connectivity index (χ0v) is 11.8. The minimum atomic E-state index is -2.81. The van der Waals surface area contributed by atoms with Gasteiger partial charge in [-0.1, -0.05) is 0 Å². The molecular weight excluding hydrogens is 282 g/mol. The smallest absolute Gasteiger partial charge is 0.338 e. The highest BCUT2D eigenvalue weighted by Gasteiger charge is 2.19. The van der Waals surface area contributed by atoms with Crippen molar-refractivity contribution in [2.75, 3.05) is 0 Å². The third-order valence-electron chi connectivity index (χ3n) is 2.39. The molecule has 0 bridgehead atoms. The number of carbonyl (C=O) groups excluding carboxylic acids is 1. The van der Waals surface area contributed by atoms with Crippen LogP contribution in [0.2, 0.25) is 0 Å². The number of benzene rings is 1. The summed E-state index contributed by atoms with van der Waals surface area (Å²) in [5, 5.41) is 6.77. The van der Waals surface area contributed by atoms with Crippen LogP contribution in [0.3, 0.4) is 0 Å². The van der Waals surface area contributed by atoms with E-state index >= 15 is 0 Å². The number of hydrogen-bond donors (Lipinski definition) is 0. The molecule has 1 heterocycles. The van der Waals surface area contributed by atoms with E-state index in [-0.39, 0.29) is 5.89 Å². The molecule has 0 radical (unpaired) electrons. The van der Waals surface area contributed by atoms with Gasteiger partial charge in [0.1, 0.15) is 5.60 Å². The van der Waals surface area contributed by atoms with Crippen LogP contribution in [-0.4, -0.2) is 21.8 Å². The van der Waals surface area contributed by atoms with Crippen LogP contribution >= 0.6 is 0 Å². The van der Waals surface area contributed by atoms with Crippen LogP contribution in [0.1, 0.15) is 43.4 Å². The monoisotopic (exact) mass is 296 g/mol. The van der Waals surface area contributed by atoms with Crippen LogP contribution in [0, 0.1) is 0 Å². The third kappa shape index (κ3) is 3.84. The molecule has 0 N–H and O–H groups in total. The first kappa shape index (κ1) is 15.1. The minimum absolute atomic E-state index is 0.0268. The molecule has 5 nitrogen and oxygen atoms in total. The van der Waals surface area contributed by atoms with E-state index in [0.717, 1.165) is 0 Å². The second-order valence-electron chi connectivity index (χ2n) is 5.33. The zero-order chi connectivity index (χ0) is 15.6. The third-order valence-corrected chi connectivity index (χ3v) is 2.39. The van der Waals surface area contributed by atoms with E-state index in [1.807, 2.05) is 0 Å². The molecule has 0 atom stereocenters. The summed E-state index contributed by atoms with van der Waals surface area (Å²) >= 11 is 0. The highest BCUT2D eigenvalue weighted by molar-refractivity contribution is 5.90. The van der Waals surface area contributed by atoms with Crippen LogP contribution < -0.4 is 0 Å². The molecule has 0 aliphatic carbocycles. The van der Waals surface area contributed by atoms with E-state index in [1.54, 1.807) is 20.8 Å². The Hall–Kier alpha value is -2.31. The van der Waals surface area contributed by atoms with Crippen molar-refractivity contribution in [3.63, 3.8) is 0 Å². The van der Waals surface area contributed by atoms with Crippen molar-refractivity contribution in [3.8, 4) is 11.5 Å². The van der Waals surface area contributed by atoms with E-state index < -0.39 is 23.9 Å². The lowest BCUT2D eigenvalue weighted by Crippen LogP contribution is -2.23. The van der Waals surface area contributed by atoms with Gasteiger partial charge in [0.25, 0.3) is 5.89 Å². The molecule has 7 heteroatoms. The fourth-order valence-electron chi connectivity index (χ4n) is 1.53. The van der Waals surface area contributed by atoms with Crippen LogP contribution in [0.15, 0.2) is 28.7 Å². The highest BCUT2D eigenvalue weighted by atomic mass is 19.3. The second kappa shape index (κ2) is 5.59. The lowest BCUT2D eigenvalue weighted by molar-refractivity contribution is 0.00695. The summed E-state index contributed by atoms with van der Waals surface area (Å²) in [5.41, 5.74) is 0.206. The van der Waals surface area contributed by atoms with Crippen LogP contribution in [-0.2, 0) is 4.74 Å². The molecule has 0 amide bonds. The summed E-state index contributed by atoms with van der Waals surface area (Å²) in [7, 11) is 0. The Labute approximate surface area is 119 Å². The number of carbonyl (C=O) groups is 1. The van der Waals surface area contributed by atoms with Gasteiger partial charge in [-0.2, -0.15) is 8.78 Å². The molecule has 0 aliphatic rings. The van der Waals surface area contributed by atoms with Gasteiger partial charge >= 0.3 is 12.4 Å². The Balaban J connectivity index is 2.16. The number of hydrogen-bond acceptors (Lipinski definition) is 5. The topological polar surface area (TPSA) is 65.2 Å². The predicted octanol–water partition coefficient (Wildman–Crippen LogP) is 3.63. The van der Waals surface area contributed by atoms with E-state index in [2.05, 4.69) is 10.2 Å². The summed E-state index contributed by atoms with van der Waals surface area (Å²) in [4.78, 5) is 11.8. The van der Waals surface area contributed by atoms with Gasteiger partial charge in [-0.05, 0) is 45.0 Å². The number of alkyl halides is 2. The summed E-state index contributed by atoms with van der Waals surface area (Å²) < 4.78 is 34.8. The van der Waals surface area contributed by atoms with E-state index in [1.165, 1.54) is 24.3 Å². The van der Waals surface area contributed by atoms with Gasteiger partial charge in [-0.3, -0.25) is 0 Å². The van der Waals surface area contributed by atoms with Gasteiger partial charge in [0.15, 0.2) is 0 Å². The first-order valence-corrected chi connectivity index (χ1v) is 6.21. The van der Waals surface area contributed by atoms with Gasteiger partial charge in [-0.25, -0.2) is 4.79 Å². The van der Waals surface area contributed by atoms with Crippen molar-refractivity contribution in [2.24, 2.45) is 0 Å². The summed E-state index contributed by atoms with van der Waals surface area (Å²) in [5.74, 6) is -1.23. The van der Waals surface area contributed by atoms with Crippen molar-refractivity contribution in [3.05, 3.63) is 35.7 Å². The Morgan fingerprint density at radius 2 is 1.81 bits per heavy atom. The van der Waals surface area contributed by atoms with Gasteiger partial charge in [0, 0.05) is 5.56 Å². The van der Waals surface area contributed by atoms with Crippen LogP contribution in [0.5, 0.6) is 0 Å². The first-order valence-electron chi connectivity index (χ1n) is 6.21. The number of nitrogens with zero attached hydrogens (tertiary/aromatic N) is 2. The van der Waals surface area contributed by atoms with Gasteiger partial charge in [-0.15, -0.1) is 10.2 Å². The molecule has 0 spiro atoms. The quantitative estimate of drug-likeness (QED) is 0.809. The number of rotatable bonds is 3.